The zero-order valence-corrected chi connectivity index (χ0v) is 12.2. The summed E-state index contributed by atoms with van der Waals surface area (Å²) in [7, 11) is 3.29. The number of imide groups is 1. The lowest BCUT2D eigenvalue weighted by molar-refractivity contribution is -0.126. The second-order valence-corrected chi connectivity index (χ2v) is 4.42. The third-order valence-electron chi connectivity index (χ3n) is 2.79. The number of para-hydroxylation sites is 1. The fourth-order valence-electron chi connectivity index (χ4n) is 1.72. The third kappa shape index (κ3) is 4.24. The summed E-state index contributed by atoms with van der Waals surface area (Å²) in [4.78, 5) is 22.9. The monoisotopic (exact) mass is 279 g/mol. The van der Waals surface area contributed by atoms with E-state index >= 15 is 0 Å². The highest BCUT2D eigenvalue weighted by Crippen LogP contribution is 2.24. The molecule has 20 heavy (non-hydrogen) atoms. The Labute approximate surface area is 118 Å². The van der Waals surface area contributed by atoms with Crippen molar-refractivity contribution in [1.82, 2.24) is 16.0 Å². The van der Waals surface area contributed by atoms with E-state index in [2.05, 4.69) is 16.0 Å². The first-order valence-electron chi connectivity index (χ1n) is 6.42. The number of hydrogen-bond acceptors (Lipinski definition) is 4. The molecule has 110 valence electrons. The minimum atomic E-state index is -0.760. The van der Waals surface area contributed by atoms with E-state index in [1.807, 2.05) is 32.2 Å². The lowest BCUT2D eigenvalue weighted by Gasteiger charge is -2.18. The van der Waals surface area contributed by atoms with Crippen LogP contribution in [0.15, 0.2) is 18.2 Å². The number of aryl methyl sites for hydroxylation is 1. The molecule has 0 aromatic heterocycles. The van der Waals surface area contributed by atoms with Gasteiger partial charge in [0.05, 0.1) is 0 Å². The molecule has 3 amide bonds. The molecule has 0 spiro atoms. The quantitative estimate of drug-likeness (QED) is 0.749. The number of hydrogen-bond donors (Lipinski definition) is 3. The van der Waals surface area contributed by atoms with Crippen molar-refractivity contribution in [3.05, 3.63) is 29.3 Å². The number of ether oxygens (including phenoxy) is 1. The number of nitrogens with one attached hydrogen (secondary N) is 3. The van der Waals surface area contributed by atoms with Crippen molar-refractivity contribution in [3.8, 4) is 5.75 Å². The summed E-state index contributed by atoms with van der Waals surface area (Å²) in [6.07, 6.45) is -0.760. The van der Waals surface area contributed by atoms with Crippen LogP contribution >= 0.6 is 0 Å². The molecule has 3 N–H and O–H groups in total. The highest BCUT2D eigenvalue weighted by molar-refractivity contribution is 5.96. The number of urea groups is 1. The summed E-state index contributed by atoms with van der Waals surface area (Å²) < 4.78 is 5.70. The van der Waals surface area contributed by atoms with Crippen molar-refractivity contribution in [2.24, 2.45) is 0 Å². The molecule has 0 radical (unpaired) electrons. The Morgan fingerprint density at radius 3 is 2.60 bits per heavy atom. The zero-order chi connectivity index (χ0) is 15.1. The molecular weight excluding hydrogens is 258 g/mol. The van der Waals surface area contributed by atoms with E-state index in [0.717, 1.165) is 11.1 Å². The number of amides is 3. The summed E-state index contributed by atoms with van der Waals surface area (Å²) in [5.74, 6) is 0.185. The van der Waals surface area contributed by atoms with Crippen molar-refractivity contribution >= 4 is 11.9 Å². The molecule has 1 aromatic carbocycles. The van der Waals surface area contributed by atoms with Crippen molar-refractivity contribution < 1.29 is 14.3 Å². The maximum Gasteiger partial charge on any atom is 0.321 e. The summed E-state index contributed by atoms with van der Waals surface area (Å²) in [5.41, 5.74) is 1.91. The smallest absolute Gasteiger partial charge is 0.321 e. The molecular formula is C14H21N3O3. The molecule has 6 heteroatoms. The van der Waals surface area contributed by atoms with Gasteiger partial charge in [0.25, 0.3) is 5.91 Å². The Hall–Kier alpha value is -2.08. The summed E-state index contributed by atoms with van der Waals surface area (Å²) in [6, 6.07) is 5.23. The lowest BCUT2D eigenvalue weighted by atomic mass is 10.1. The summed E-state index contributed by atoms with van der Waals surface area (Å²) in [6.45, 7) is 4.16. The maximum atomic E-state index is 11.8. The van der Waals surface area contributed by atoms with Gasteiger partial charge in [-0.25, -0.2) is 4.79 Å². The van der Waals surface area contributed by atoms with Crippen LogP contribution in [0.1, 0.15) is 18.1 Å². The minimum absolute atomic E-state index is 0.483. The number of carbonyl (C=O) groups excluding carboxylic acids is 2. The fourth-order valence-corrected chi connectivity index (χ4v) is 1.72. The van der Waals surface area contributed by atoms with Crippen LogP contribution in [0.3, 0.4) is 0 Å². The van der Waals surface area contributed by atoms with Gasteiger partial charge in [-0.05, 0) is 26.5 Å². The van der Waals surface area contributed by atoms with E-state index in [-0.39, 0.29) is 0 Å². The van der Waals surface area contributed by atoms with E-state index in [9.17, 15) is 9.59 Å². The van der Waals surface area contributed by atoms with Gasteiger partial charge >= 0.3 is 6.03 Å². The predicted octanol–water partition coefficient (Wildman–Crippen LogP) is 0.937. The van der Waals surface area contributed by atoms with Crippen LogP contribution in [0.2, 0.25) is 0 Å². The fraction of sp³-hybridized carbons (Fsp3) is 0.429. The second-order valence-electron chi connectivity index (χ2n) is 4.42. The third-order valence-corrected chi connectivity index (χ3v) is 2.79. The summed E-state index contributed by atoms with van der Waals surface area (Å²) >= 11 is 0. The van der Waals surface area contributed by atoms with E-state index < -0.39 is 18.0 Å². The molecule has 1 rings (SSSR count). The van der Waals surface area contributed by atoms with Crippen LogP contribution < -0.4 is 20.7 Å². The topological polar surface area (TPSA) is 79.5 Å². The van der Waals surface area contributed by atoms with Crippen LogP contribution in [-0.2, 0) is 11.3 Å². The van der Waals surface area contributed by atoms with Crippen molar-refractivity contribution in [2.75, 3.05) is 14.1 Å². The van der Waals surface area contributed by atoms with Gasteiger partial charge in [-0.15, -0.1) is 0 Å². The standard InChI is InChI=1S/C14H21N3O3/c1-9-6-5-7-11(8-15-3)12(9)20-10(2)13(18)17-14(19)16-4/h5-7,10,15H,8H2,1-4H3,(H2,16,17,18,19). The maximum absolute atomic E-state index is 11.8. The van der Waals surface area contributed by atoms with E-state index in [0.29, 0.717) is 12.3 Å². The highest BCUT2D eigenvalue weighted by atomic mass is 16.5. The van der Waals surface area contributed by atoms with Gasteiger partial charge in [0, 0.05) is 19.2 Å². The Morgan fingerprint density at radius 1 is 1.30 bits per heavy atom. The molecule has 6 nitrogen and oxygen atoms in total. The number of benzene rings is 1. The van der Waals surface area contributed by atoms with Crippen molar-refractivity contribution in [2.45, 2.75) is 26.5 Å². The van der Waals surface area contributed by atoms with Crippen molar-refractivity contribution in [3.63, 3.8) is 0 Å². The molecule has 0 saturated carbocycles. The largest absolute Gasteiger partial charge is 0.480 e. The van der Waals surface area contributed by atoms with E-state index in [1.54, 1.807) is 6.92 Å². The number of carbonyl (C=O) groups is 2. The Balaban J connectivity index is 2.81. The Kier molecular flexibility index (Phi) is 5.99. The molecule has 1 unspecified atom stereocenters. The normalized spacial score (nSPS) is 11.6. The van der Waals surface area contributed by atoms with Gasteiger partial charge in [-0.2, -0.15) is 0 Å². The van der Waals surface area contributed by atoms with Crippen LogP contribution in [0, 0.1) is 6.92 Å². The molecule has 0 bridgehead atoms. The first-order valence-corrected chi connectivity index (χ1v) is 6.42. The van der Waals surface area contributed by atoms with Gasteiger partial charge in [0.2, 0.25) is 0 Å². The van der Waals surface area contributed by atoms with E-state index in [1.165, 1.54) is 7.05 Å². The molecule has 0 aliphatic rings. The van der Waals surface area contributed by atoms with Gasteiger partial charge in [-0.3, -0.25) is 10.1 Å². The van der Waals surface area contributed by atoms with Gasteiger partial charge < -0.3 is 15.4 Å². The molecule has 1 atom stereocenters. The molecule has 0 heterocycles. The minimum Gasteiger partial charge on any atom is -0.480 e. The first kappa shape index (κ1) is 16.0. The second kappa shape index (κ2) is 7.49. The SMILES string of the molecule is CNCc1cccc(C)c1OC(C)C(=O)NC(=O)NC. The first-order chi connectivity index (χ1) is 9.49. The van der Waals surface area contributed by atoms with Crippen LogP contribution in [0.4, 0.5) is 4.79 Å². The van der Waals surface area contributed by atoms with Crippen molar-refractivity contribution in [1.29, 1.82) is 0 Å². The lowest BCUT2D eigenvalue weighted by Crippen LogP contribution is -2.44. The average molecular weight is 279 g/mol. The van der Waals surface area contributed by atoms with Gasteiger partial charge in [0.1, 0.15) is 5.75 Å². The molecule has 0 saturated heterocycles. The Bertz CT molecular complexity index is 489. The Morgan fingerprint density at radius 2 is 2.00 bits per heavy atom. The molecule has 1 aromatic rings. The molecule has 0 aliphatic heterocycles. The van der Waals surface area contributed by atoms with Crippen LogP contribution in [-0.4, -0.2) is 32.1 Å². The zero-order valence-electron chi connectivity index (χ0n) is 12.2. The molecule has 0 aliphatic carbocycles. The number of rotatable bonds is 5. The summed E-state index contributed by atoms with van der Waals surface area (Å²) in [5, 5.41) is 7.56. The van der Waals surface area contributed by atoms with Gasteiger partial charge in [-0.1, -0.05) is 18.2 Å². The van der Waals surface area contributed by atoms with Crippen LogP contribution in [0.5, 0.6) is 5.75 Å². The highest BCUT2D eigenvalue weighted by Gasteiger charge is 2.19. The van der Waals surface area contributed by atoms with E-state index in [4.69, 9.17) is 4.74 Å². The average Bonchev–Trinajstić information content (AvgIpc) is 2.42. The predicted molar refractivity (Wildman–Crippen MR) is 76.6 cm³/mol. The van der Waals surface area contributed by atoms with Gasteiger partial charge in [0.15, 0.2) is 6.10 Å². The van der Waals surface area contributed by atoms with Crippen LogP contribution in [0.25, 0.3) is 0 Å². The molecule has 0 fully saturated rings.